The minimum Gasteiger partial charge on any atom is -0.374 e. The average Bonchev–Trinajstić information content (AvgIpc) is 3.01. The molecule has 2 aromatic heterocycles. The highest BCUT2D eigenvalue weighted by Crippen LogP contribution is 2.12. The Bertz CT molecular complexity index is 553. The second kappa shape index (κ2) is 5.99. The SMILES string of the molecule is Cc1nc(C)n(C[C@@H]2CN(Cc3cscn3)CCO2)n1. The maximum absolute atomic E-state index is 5.85. The number of aryl methyl sites for hydroxylation is 2. The summed E-state index contributed by atoms with van der Waals surface area (Å²) in [5.41, 5.74) is 3.03. The average molecular weight is 293 g/mol. The lowest BCUT2D eigenvalue weighted by atomic mass is 10.2. The van der Waals surface area contributed by atoms with E-state index in [-0.39, 0.29) is 6.10 Å². The summed E-state index contributed by atoms with van der Waals surface area (Å²) in [5.74, 6) is 1.76. The van der Waals surface area contributed by atoms with Crippen LogP contribution in [0.2, 0.25) is 0 Å². The molecule has 0 aromatic carbocycles. The van der Waals surface area contributed by atoms with Crippen LogP contribution in [0.25, 0.3) is 0 Å². The summed E-state index contributed by atoms with van der Waals surface area (Å²) in [6.45, 7) is 8.20. The topological polar surface area (TPSA) is 56.1 Å². The lowest BCUT2D eigenvalue weighted by molar-refractivity contribution is -0.0408. The molecular formula is C13H19N5OS. The van der Waals surface area contributed by atoms with Gasteiger partial charge in [-0.05, 0) is 13.8 Å². The van der Waals surface area contributed by atoms with E-state index >= 15 is 0 Å². The highest BCUT2D eigenvalue weighted by atomic mass is 32.1. The van der Waals surface area contributed by atoms with E-state index in [1.807, 2.05) is 24.0 Å². The molecule has 1 aliphatic heterocycles. The van der Waals surface area contributed by atoms with Gasteiger partial charge in [0, 0.05) is 25.0 Å². The van der Waals surface area contributed by atoms with Crippen molar-refractivity contribution in [3.63, 3.8) is 0 Å². The quantitative estimate of drug-likeness (QED) is 0.849. The number of hydrogen-bond acceptors (Lipinski definition) is 6. The van der Waals surface area contributed by atoms with Gasteiger partial charge in [-0.3, -0.25) is 4.90 Å². The van der Waals surface area contributed by atoms with E-state index in [4.69, 9.17) is 4.74 Å². The Morgan fingerprint density at radius 2 is 2.35 bits per heavy atom. The molecule has 0 amide bonds. The van der Waals surface area contributed by atoms with Crippen LogP contribution in [0.1, 0.15) is 17.3 Å². The predicted molar refractivity (Wildman–Crippen MR) is 76.6 cm³/mol. The normalized spacial score (nSPS) is 20.4. The third-order valence-corrected chi connectivity index (χ3v) is 4.07. The van der Waals surface area contributed by atoms with Gasteiger partial charge >= 0.3 is 0 Å². The molecule has 3 heterocycles. The molecule has 6 nitrogen and oxygen atoms in total. The highest BCUT2D eigenvalue weighted by molar-refractivity contribution is 7.07. The van der Waals surface area contributed by atoms with Gasteiger partial charge in [-0.15, -0.1) is 11.3 Å². The summed E-state index contributed by atoms with van der Waals surface area (Å²) in [6.07, 6.45) is 0.169. The molecule has 1 saturated heterocycles. The second-order valence-electron chi connectivity index (χ2n) is 5.10. The fourth-order valence-corrected chi connectivity index (χ4v) is 3.06. The van der Waals surface area contributed by atoms with Crippen LogP contribution in [0.15, 0.2) is 10.9 Å². The molecule has 1 fully saturated rings. The Balaban J connectivity index is 1.59. The summed E-state index contributed by atoms with van der Waals surface area (Å²) in [7, 11) is 0. The molecule has 0 radical (unpaired) electrons. The van der Waals surface area contributed by atoms with Gasteiger partial charge in [0.15, 0.2) is 0 Å². The van der Waals surface area contributed by atoms with Gasteiger partial charge in [0.05, 0.1) is 30.5 Å². The third-order valence-electron chi connectivity index (χ3n) is 3.43. The summed E-state index contributed by atoms with van der Waals surface area (Å²) < 4.78 is 7.78. The molecule has 1 aliphatic rings. The summed E-state index contributed by atoms with van der Waals surface area (Å²) in [5, 5.41) is 6.51. The van der Waals surface area contributed by atoms with Crippen molar-refractivity contribution in [2.45, 2.75) is 33.0 Å². The van der Waals surface area contributed by atoms with Gasteiger partial charge in [0.1, 0.15) is 11.6 Å². The molecule has 0 aliphatic carbocycles. The molecule has 0 unspecified atom stereocenters. The van der Waals surface area contributed by atoms with E-state index in [0.29, 0.717) is 0 Å². The maximum atomic E-state index is 5.85. The zero-order chi connectivity index (χ0) is 13.9. The van der Waals surface area contributed by atoms with Crippen LogP contribution in [0.4, 0.5) is 0 Å². The Morgan fingerprint density at radius 1 is 1.45 bits per heavy atom. The van der Waals surface area contributed by atoms with Gasteiger partial charge in [0.2, 0.25) is 0 Å². The zero-order valence-corrected chi connectivity index (χ0v) is 12.6. The van der Waals surface area contributed by atoms with Gasteiger partial charge in [-0.1, -0.05) is 0 Å². The summed E-state index contributed by atoms with van der Waals surface area (Å²) in [4.78, 5) is 11.1. The monoisotopic (exact) mass is 293 g/mol. The van der Waals surface area contributed by atoms with Crippen LogP contribution in [-0.2, 0) is 17.8 Å². The van der Waals surface area contributed by atoms with E-state index in [0.717, 1.165) is 50.1 Å². The Hall–Kier alpha value is -1.31. The third kappa shape index (κ3) is 3.23. The van der Waals surface area contributed by atoms with Crippen molar-refractivity contribution in [1.82, 2.24) is 24.6 Å². The van der Waals surface area contributed by atoms with Crippen molar-refractivity contribution < 1.29 is 4.74 Å². The van der Waals surface area contributed by atoms with Crippen molar-refractivity contribution in [2.75, 3.05) is 19.7 Å². The van der Waals surface area contributed by atoms with Gasteiger partial charge in [0.25, 0.3) is 0 Å². The Morgan fingerprint density at radius 3 is 3.05 bits per heavy atom. The first-order valence-electron chi connectivity index (χ1n) is 6.80. The summed E-state index contributed by atoms with van der Waals surface area (Å²) in [6, 6.07) is 0. The molecule has 0 bridgehead atoms. The lowest BCUT2D eigenvalue weighted by Gasteiger charge is -2.32. The zero-order valence-electron chi connectivity index (χ0n) is 11.8. The van der Waals surface area contributed by atoms with Crippen LogP contribution >= 0.6 is 11.3 Å². The van der Waals surface area contributed by atoms with Crippen LogP contribution in [0.5, 0.6) is 0 Å². The summed E-state index contributed by atoms with van der Waals surface area (Å²) >= 11 is 1.64. The standard InChI is InChI=1S/C13H19N5OS/c1-10-15-11(2)18(16-10)7-13-6-17(3-4-19-13)5-12-8-20-9-14-12/h8-9,13H,3-7H2,1-2H3/t13-/m0/s1. The Labute approximate surface area is 122 Å². The molecule has 1 atom stereocenters. The molecular weight excluding hydrogens is 274 g/mol. The van der Waals surface area contributed by atoms with Crippen molar-refractivity contribution in [3.8, 4) is 0 Å². The molecule has 2 aromatic rings. The smallest absolute Gasteiger partial charge is 0.147 e. The number of morpholine rings is 1. The first kappa shape index (κ1) is 13.7. The van der Waals surface area contributed by atoms with Gasteiger partial charge in [-0.2, -0.15) is 5.10 Å². The molecule has 108 valence electrons. The second-order valence-corrected chi connectivity index (χ2v) is 5.81. The van der Waals surface area contributed by atoms with Crippen LogP contribution in [0, 0.1) is 13.8 Å². The highest BCUT2D eigenvalue weighted by Gasteiger charge is 2.22. The lowest BCUT2D eigenvalue weighted by Crippen LogP contribution is -2.44. The van der Waals surface area contributed by atoms with E-state index in [1.165, 1.54) is 0 Å². The molecule has 3 rings (SSSR count). The van der Waals surface area contributed by atoms with Crippen LogP contribution < -0.4 is 0 Å². The van der Waals surface area contributed by atoms with Gasteiger partial charge < -0.3 is 4.74 Å². The molecule has 7 heteroatoms. The van der Waals surface area contributed by atoms with E-state index in [1.54, 1.807) is 11.3 Å². The van der Waals surface area contributed by atoms with Crippen molar-refractivity contribution in [2.24, 2.45) is 0 Å². The first-order valence-corrected chi connectivity index (χ1v) is 7.74. The maximum Gasteiger partial charge on any atom is 0.147 e. The fraction of sp³-hybridized carbons (Fsp3) is 0.615. The first-order chi connectivity index (χ1) is 9.70. The largest absolute Gasteiger partial charge is 0.374 e. The number of nitrogens with zero attached hydrogens (tertiary/aromatic N) is 5. The van der Waals surface area contributed by atoms with Crippen molar-refractivity contribution in [3.05, 3.63) is 28.2 Å². The van der Waals surface area contributed by atoms with E-state index in [9.17, 15) is 0 Å². The number of aromatic nitrogens is 4. The molecule has 0 N–H and O–H groups in total. The van der Waals surface area contributed by atoms with Crippen molar-refractivity contribution in [1.29, 1.82) is 0 Å². The van der Waals surface area contributed by atoms with Gasteiger partial charge in [-0.25, -0.2) is 14.6 Å². The molecule has 20 heavy (non-hydrogen) atoms. The van der Waals surface area contributed by atoms with E-state index < -0.39 is 0 Å². The minimum absolute atomic E-state index is 0.169. The fourth-order valence-electron chi connectivity index (χ4n) is 2.51. The number of hydrogen-bond donors (Lipinski definition) is 0. The van der Waals surface area contributed by atoms with Crippen molar-refractivity contribution >= 4 is 11.3 Å². The molecule has 0 saturated carbocycles. The number of ether oxygens (including phenoxy) is 1. The van der Waals surface area contributed by atoms with Crippen LogP contribution in [0.3, 0.4) is 0 Å². The molecule has 0 spiro atoms. The number of rotatable bonds is 4. The van der Waals surface area contributed by atoms with E-state index in [2.05, 4.69) is 25.3 Å². The number of thiazole rings is 1. The van der Waals surface area contributed by atoms with Crippen LogP contribution in [-0.4, -0.2) is 50.4 Å². The minimum atomic E-state index is 0.169. The Kier molecular flexibility index (Phi) is 4.09. The predicted octanol–water partition coefficient (Wildman–Crippen LogP) is 1.25.